The number of carbonyl (C=O) groups excluding carboxylic acids is 1. The Labute approximate surface area is 204 Å². The van der Waals surface area contributed by atoms with E-state index in [0.717, 1.165) is 71.5 Å². The molecule has 2 aliphatic heterocycles. The van der Waals surface area contributed by atoms with Gasteiger partial charge >= 0.3 is 0 Å². The fraction of sp³-hybridized carbons (Fsp3) is 0.909. The molecule has 0 aromatic rings. The SMILES string of the molecule is CN(C)C(=O)CN=C(NCC1CCOC1)NCC1(CN2CCOCC2)CCCCC1.I. The first kappa shape index (κ1) is 26.6. The van der Waals surface area contributed by atoms with E-state index in [1.54, 1.807) is 19.0 Å². The van der Waals surface area contributed by atoms with Crippen molar-refractivity contribution in [2.24, 2.45) is 16.3 Å². The van der Waals surface area contributed by atoms with Gasteiger partial charge in [-0.2, -0.15) is 0 Å². The van der Waals surface area contributed by atoms with Gasteiger partial charge in [0.25, 0.3) is 0 Å². The third-order valence-corrected chi connectivity index (χ3v) is 6.66. The Balaban J connectivity index is 0.00000341. The van der Waals surface area contributed by atoms with E-state index in [1.165, 1.54) is 32.1 Å². The first-order valence-corrected chi connectivity index (χ1v) is 11.7. The fourth-order valence-electron chi connectivity index (χ4n) is 4.65. The van der Waals surface area contributed by atoms with Crippen LogP contribution < -0.4 is 10.6 Å². The lowest BCUT2D eigenvalue weighted by molar-refractivity contribution is -0.127. The van der Waals surface area contributed by atoms with Crippen LogP contribution in [0.25, 0.3) is 0 Å². The number of likely N-dealkylation sites (N-methyl/N-ethyl adjacent to an activating group) is 1. The smallest absolute Gasteiger partial charge is 0.243 e. The molecule has 1 unspecified atom stereocenters. The van der Waals surface area contributed by atoms with Crippen molar-refractivity contribution >= 4 is 35.8 Å². The molecule has 3 fully saturated rings. The van der Waals surface area contributed by atoms with Crippen LogP contribution in [0, 0.1) is 11.3 Å². The molecule has 9 heteroatoms. The predicted molar refractivity (Wildman–Crippen MR) is 134 cm³/mol. The van der Waals surface area contributed by atoms with Crippen molar-refractivity contribution in [2.75, 3.05) is 79.8 Å². The quantitative estimate of drug-likeness (QED) is 0.271. The minimum Gasteiger partial charge on any atom is -0.381 e. The number of aliphatic imine (C=N–C) groups is 1. The molecule has 1 atom stereocenters. The normalized spacial score (nSPS) is 24.3. The molecular formula is C22H42IN5O3. The van der Waals surface area contributed by atoms with E-state index in [1.807, 2.05) is 0 Å². The summed E-state index contributed by atoms with van der Waals surface area (Å²) >= 11 is 0. The molecule has 31 heavy (non-hydrogen) atoms. The lowest BCUT2D eigenvalue weighted by Crippen LogP contribution is -2.51. The van der Waals surface area contributed by atoms with Gasteiger partial charge in [-0.1, -0.05) is 19.3 Å². The monoisotopic (exact) mass is 551 g/mol. The minimum atomic E-state index is 0. The van der Waals surface area contributed by atoms with E-state index in [2.05, 4.69) is 20.5 Å². The molecule has 2 N–H and O–H groups in total. The molecule has 1 aliphatic carbocycles. The van der Waals surface area contributed by atoms with Gasteiger partial charge in [-0.05, 0) is 19.3 Å². The molecule has 0 spiro atoms. The zero-order valence-electron chi connectivity index (χ0n) is 19.4. The number of ether oxygens (including phenoxy) is 2. The van der Waals surface area contributed by atoms with Crippen LogP contribution in [-0.2, 0) is 14.3 Å². The third kappa shape index (κ3) is 9.01. The summed E-state index contributed by atoms with van der Waals surface area (Å²) in [7, 11) is 3.54. The maximum atomic E-state index is 12.1. The maximum absolute atomic E-state index is 12.1. The van der Waals surface area contributed by atoms with Crippen molar-refractivity contribution in [1.82, 2.24) is 20.4 Å². The van der Waals surface area contributed by atoms with Gasteiger partial charge in [0.05, 0.1) is 19.8 Å². The van der Waals surface area contributed by atoms with Gasteiger partial charge in [0, 0.05) is 64.8 Å². The minimum absolute atomic E-state index is 0. The van der Waals surface area contributed by atoms with Crippen molar-refractivity contribution in [3.63, 3.8) is 0 Å². The van der Waals surface area contributed by atoms with Gasteiger partial charge < -0.3 is 25.0 Å². The van der Waals surface area contributed by atoms with Crippen LogP contribution in [0.3, 0.4) is 0 Å². The summed E-state index contributed by atoms with van der Waals surface area (Å²) in [6.45, 7) is 8.39. The highest BCUT2D eigenvalue weighted by Gasteiger charge is 2.34. The molecule has 8 nitrogen and oxygen atoms in total. The highest BCUT2D eigenvalue weighted by atomic mass is 127. The summed E-state index contributed by atoms with van der Waals surface area (Å²) in [4.78, 5) is 20.8. The largest absolute Gasteiger partial charge is 0.381 e. The number of rotatable bonds is 8. The maximum Gasteiger partial charge on any atom is 0.243 e. The van der Waals surface area contributed by atoms with Crippen molar-refractivity contribution in [3.05, 3.63) is 0 Å². The van der Waals surface area contributed by atoms with Crippen molar-refractivity contribution in [3.8, 4) is 0 Å². The Morgan fingerprint density at radius 2 is 1.84 bits per heavy atom. The number of hydrogen-bond acceptors (Lipinski definition) is 5. The van der Waals surface area contributed by atoms with Gasteiger partial charge in [-0.3, -0.25) is 9.69 Å². The van der Waals surface area contributed by atoms with Crippen LogP contribution in [0.4, 0.5) is 0 Å². The van der Waals surface area contributed by atoms with E-state index in [9.17, 15) is 4.79 Å². The number of carbonyl (C=O) groups is 1. The number of morpholine rings is 1. The second kappa shape index (κ2) is 13.8. The molecule has 0 radical (unpaired) electrons. The third-order valence-electron chi connectivity index (χ3n) is 6.66. The lowest BCUT2D eigenvalue weighted by atomic mass is 9.73. The van der Waals surface area contributed by atoms with Crippen LogP contribution in [0.1, 0.15) is 38.5 Å². The molecule has 1 saturated carbocycles. The molecule has 1 amide bonds. The van der Waals surface area contributed by atoms with Gasteiger partial charge in [0.2, 0.25) is 5.91 Å². The Hall–Kier alpha value is -0.650. The molecule has 0 bridgehead atoms. The first-order chi connectivity index (χ1) is 14.6. The fourth-order valence-corrected chi connectivity index (χ4v) is 4.65. The molecular weight excluding hydrogens is 509 g/mol. The highest BCUT2D eigenvalue weighted by molar-refractivity contribution is 14.0. The van der Waals surface area contributed by atoms with E-state index in [-0.39, 0.29) is 41.8 Å². The molecule has 0 aromatic heterocycles. The number of hydrogen-bond donors (Lipinski definition) is 2. The van der Waals surface area contributed by atoms with Crippen molar-refractivity contribution in [2.45, 2.75) is 38.5 Å². The number of halogens is 1. The van der Waals surface area contributed by atoms with Crippen LogP contribution in [0.15, 0.2) is 4.99 Å². The topological polar surface area (TPSA) is 78.4 Å². The van der Waals surface area contributed by atoms with E-state index < -0.39 is 0 Å². The summed E-state index contributed by atoms with van der Waals surface area (Å²) in [6, 6.07) is 0. The van der Waals surface area contributed by atoms with Crippen molar-refractivity contribution in [1.29, 1.82) is 0 Å². The highest BCUT2D eigenvalue weighted by Crippen LogP contribution is 2.36. The number of nitrogens with zero attached hydrogens (tertiary/aromatic N) is 3. The second-order valence-corrected chi connectivity index (χ2v) is 9.37. The summed E-state index contributed by atoms with van der Waals surface area (Å²) in [5, 5.41) is 7.08. The van der Waals surface area contributed by atoms with E-state index >= 15 is 0 Å². The summed E-state index contributed by atoms with van der Waals surface area (Å²) in [6.07, 6.45) is 7.51. The van der Waals surface area contributed by atoms with Crippen LogP contribution in [0.2, 0.25) is 0 Å². The van der Waals surface area contributed by atoms with E-state index in [4.69, 9.17) is 9.47 Å². The molecule has 0 aromatic carbocycles. The molecule has 3 rings (SSSR count). The summed E-state index contributed by atoms with van der Waals surface area (Å²) < 4.78 is 11.0. The Morgan fingerprint density at radius 1 is 1.10 bits per heavy atom. The van der Waals surface area contributed by atoms with Gasteiger partial charge in [0.15, 0.2) is 5.96 Å². The lowest BCUT2D eigenvalue weighted by Gasteiger charge is -2.42. The predicted octanol–water partition coefficient (Wildman–Crippen LogP) is 1.55. The molecule has 2 heterocycles. The van der Waals surface area contributed by atoms with Gasteiger partial charge in [0.1, 0.15) is 6.54 Å². The van der Waals surface area contributed by atoms with Gasteiger partial charge in [-0.25, -0.2) is 4.99 Å². The summed E-state index contributed by atoms with van der Waals surface area (Å²) in [5.41, 5.74) is 0.264. The van der Waals surface area contributed by atoms with Crippen LogP contribution in [-0.4, -0.2) is 101 Å². The Morgan fingerprint density at radius 3 is 2.48 bits per heavy atom. The first-order valence-electron chi connectivity index (χ1n) is 11.7. The second-order valence-electron chi connectivity index (χ2n) is 9.37. The average Bonchev–Trinajstić information content (AvgIpc) is 3.28. The molecule has 3 aliphatic rings. The number of nitrogens with one attached hydrogen (secondary N) is 2. The Kier molecular flexibility index (Phi) is 11.8. The Bertz CT molecular complexity index is 557. The van der Waals surface area contributed by atoms with Crippen LogP contribution in [0.5, 0.6) is 0 Å². The number of guanidine groups is 1. The number of amides is 1. The van der Waals surface area contributed by atoms with Crippen molar-refractivity contribution < 1.29 is 14.3 Å². The summed E-state index contributed by atoms with van der Waals surface area (Å²) in [5.74, 6) is 1.28. The van der Waals surface area contributed by atoms with Gasteiger partial charge in [-0.15, -0.1) is 24.0 Å². The zero-order valence-corrected chi connectivity index (χ0v) is 21.7. The zero-order chi connectivity index (χ0) is 21.2. The average molecular weight is 552 g/mol. The standard InChI is InChI=1S/C22H41N5O3.HI/c1-26(2)20(28)15-24-21(23-14-19-6-11-30-16-19)25-17-22(7-4-3-5-8-22)18-27-9-12-29-13-10-27;/h19H,3-18H2,1-2H3,(H2,23,24,25);1H. The molecule has 2 saturated heterocycles. The van der Waals surface area contributed by atoms with E-state index in [0.29, 0.717) is 5.92 Å². The molecule has 180 valence electrons. The van der Waals surface area contributed by atoms with Crippen LogP contribution >= 0.6 is 24.0 Å².